The Morgan fingerprint density at radius 2 is 2.35 bits per heavy atom. The third kappa shape index (κ3) is 2.70. The Bertz CT molecular complexity index is 511. The van der Waals surface area contributed by atoms with Crippen LogP contribution in [0.1, 0.15) is 32.1 Å². The monoisotopic (exact) mass is 343 g/mol. The Hall–Kier alpha value is -0.425. The molecule has 1 aliphatic heterocycles. The minimum absolute atomic E-state index is 0.0226. The molecule has 2 rings (SSSR count). The lowest BCUT2D eigenvalue weighted by atomic mass is 9.94. The minimum Gasteiger partial charge on any atom is -0.459 e. The molecule has 0 aromatic carbocycles. The molecule has 1 aliphatic rings. The van der Waals surface area contributed by atoms with E-state index in [1.54, 1.807) is 0 Å². The molecule has 1 unspecified atom stereocenters. The second kappa shape index (κ2) is 5.48. The van der Waals surface area contributed by atoms with Gasteiger partial charge in [0.1, 0.15) is 25.1 Å². The van der Waals surface area contributed by atoms with Crippen LogP contribution in [0.25, 0.3) is 11.7 Å². The first-order chi connectivity index (χ1) is 8.15. The molecule has 1 aromatic heterocycles. The van der Waals surface area contributed by atoms with Gasteiger partial charge in [-0.25, -0.2) is 0 Å². The molecular formula is C12H15BINO2. The molecule has 0 saturated carbocycles. The Kier molecular flexibility index (Phi) is 4.19. The van der Waals surface area contributed by atoms with E-state index in [2.05, 4.69) is 29.8 Å². The van der Waals surface area contributed by atoms with E-state index in [0.717, 1.165) is 28.3 Å². The molecule has 0 saturated heterocycles. The minimum atomic E-state index is 0.0226. The highest BCUT2D eigenvalue weighted by Gasteiger charge is 2.16. The molecule has 3 nitrogen and oxygen atoms in total. The molecule has 0 amide bonds. The standard InChI is InChI=1S/C12H15BINO2/c1-3-10(16-4-2)11-5-8-6-15(14)7-9(13)12(8)17-11/h5-6,10H,3-4,7H2,1-2H3. The summed E-state index contributed by atoms with van der Waals surface area (Å²) < 4.78 is 13.5. The fraction of sp³-hybridized carbons (Fsp3) is 0.500. The summed E-state index contributed by atoms with van der Waals surface area (Å²) in [6, 6.07) is 2.02. The van der Waals surface area contributed by atoms with E-state index < -0.39 is 0 Å². The van der Waals surface area contributed by atoms with E-state index in [0.29, 0.717) is 13.2 Å². The van der Waals surface area contributed by atoms with Gasteiger partial charge in [0.05, 0.1) is 22.9 Å². The van der Waals surface area contributed by atoms with Crippen molar-refractivity contribution >= 4 is 42.4 Å². The molecular weight excluding hydrogens is 328 g/mol. The van der Waals surface area contributed by atoms with Crippen LogP contribution in [0, 0.1) is 0 Å². The third-order valence-corrected chi connectivity index (χ3v) is 3.35. The van der Waals surface area contributed by atoms with E-state index in [1.165, 1.54) is 0 Å². The molecule has 0 spiro atoms. The topological polar surface area (TPSA) is 25.6 Å². The predicted molar refractivity (Wildman–Crippen MR) is 77.0 cm³/mol. The van der Waals surface area contributed by atoms with E-state index in [1.807, 2.05) is 22.3 Å². The van der Waals surface area contributed by atoms with Crippen LogP contribution in [-0.4, -0.2) is 24.1 Å². The van der Waals surface area contributed by atoms with Gasteiger partial charge in [-0.2, -0.15) is 0 Å². The maximum atomic E-state index is 5.98. The Morgan fingerprint density at radius 3 is 3.00 bits per heavy atom. The van der Waals surface area contributed by atoms with E-state index >= 15 is 0 Å². The van der Waals surface area contributed by atoms with E-state index in [-0.39, 0.29) is 6.10 Å². The van der Waals surface area contributed by atoms with Gasteiger partial charge in [-0.15, -0.1) is 0 Å². The van der Waals surface area contributed by atoms with Crippen LogP contribution in [0.5, 0.6) is 0 Å². The Morgan fingerprint density at radius 1 is 1.59 bits per heavy atom. The van der Waals surface area contributed by atoms with Gasteiger partial charge in [0.15, 0.2) is 0 Å². The number of nitrogens with zero attached hydrogens (tertiary/aromatic N) is 1. The average Bonchev–Trinajstić information content (AvgIpc) is 2.69. The van der Waals surface area contributed by atoms with Crippen molar-refractivity contribution < 1.29 is 9.15 Å². The highest BCUT2D eigenvalue weighted by atomic mass is 127. The van der Waals surface area contributed by atoms with Crippen LogP contribution in [0.15, 0.2) is 10.5 Å². The highest BCUT2D eigenvalue weighted by Crippen LogP contribution is 2.19. The van der Waals surface area contributed by atoms with Crippen molar-refractivity contribution in [1.29, 1.82) is 0 Å². The lowest BCUT2D eigenvalue weighted by molar-refractivity contribution is 0.0433. The summed E-state index contributed by atoms with van der Waals surface area (Å²) in [7, 11) is 5.98. The Balaban J connectivity index is 2.44. The zero-order valence-electron chi connectivity index (χ0n) is 10.1. The molecule has 5 heteroatoms. The second-order valence-corrected chi connectivity index (χ2v) is 5.24. The summed E-state index contributed by atoms with van der Waals surface area (Å²) in [6.45, 7) is 5.46. The van der Waals surface area contributed by atoms with Gasteiger partial charge in [0, 0.05) is 24.6 Å². The first-order valence-corrected chi connectivity index (χ1v) is 6.76. The van der Waals surface area contributed by atoms with Gasteiger partial charge in [-0.1, -0.05) is 12.4 Å². The summed E-state index contributed by atoms with van der Waals surface area (Å²) in [4.78, 5) is 0. The van der Waals surface area contributed by atoms with Gasteiger partial charge < -0.3 is 12.3 Å². The normalized spacial score (nSPS) is 16.6. The molecule has 2 radical (unpaired) electrons. The number of halogens is 1. The van der Waals surface area contributed by atoms with Crippen molar-refractivity contribution in [3.8, 4) is 0 Å². The highest BCUT2D eigenvalue weighted by molar-refractivity contribution is 14.1. The summed E-state index contributed by atoms with van der Waals surface area (Å²) >= 11 is 2.23. The van der Waals surface area contributed by atoms with Crippen molar-refractivity contribution in [3.63, 3.8) is 0 Å². The molecule has 0 fully saturated rings. The fourth-order valence-electron chi connectivity index (χ4n) is 1.96. The number of furan rings is 1. The van der Waals surface area contributed by atoms with Gasteiger partial charge in [-0.3, -0.25) is 0 Å². The summed E-state index contributed by atoms with van der Waals surface area (Å²) in [5, 5.41) is 1.04. The van der Waals surface area contributed by atoms with Crippen LogP contribution < -0.4 is 10.6 Å². The molecule has 90 valence electrons. The summed E-state index contributed by atoms with van der Waals surface area (Å²) in [6.07, 6.45) is 2.96. The lowest BCUT2D eigenvalue weighted by Gasteiger charge is -2.14. The van der Waals surface area contributed by atoms with Crippen LogP contribution in [0.2, 0.25) is 0 Å². The van der Waals surface area contributed by atoms with E-state index in [4.69, 9.17) is 17.0 Å². The number of hydrogen-bond acceptors (Lipinski definition) is 3. The quantitative estimate of drug-likeness (QED) is 0.470. The summed E-state index contributed by atoms with van der Waals surface area (Å²) in [5.41, 5.74) is 1.57. The largest absolute Gasteiger partial charge is 0.459 e. The average molecular weight is 343 g/mol. The lowest BCUT2D eigenvalue weighted by Crippen LogP contribution is -2.32. The molecule has 0 bridgehead atoms. The van der Waals surface area contributed by atoms with Crippen molar-refractivity contribution in [1.82, 2.24) is 3.11 Å². The van der Waals surface area contributed by atoms with Crippen LogP contribution in [-0.2, 0) is 4.74 Å². The maximum absolute atomic E-state index is 5.98. The third-order valence-electron chi connectivity index (χ3n) is 2.73. The van der Waals surface area contributed by atoms with Crippen molar-refractivity contribution in [2.45, 2.75) is 26.4 Å². The molecule has 0 N–H and O–H groups in total. The van der Waals surface area contributed by atoms with E-state index in [9.17, 15) is 0 Å². The Labute approximate surface area is 116 Å². The van der Waals surface area contributed by atoms with Crippen LogP contribution in [0.3, 0.4) is 0 Å². The number of ether oxygens (including phenoxy) is 1. The van der Waals surface area contributed by atoms with Gasteiger partial charge in [-0.05, 0) is 19.4 Å². The van der Waals surface area contributed by atoms with Crippen LogP contribution in [0.4, 0.5) is 0 Å². The molecule has 1 atom stereocenters. The molecule has 2 heterocycles. The second-order valence-electron chi connectivity index (χ2n) is 4.00. The first-order valence-electron chi connectivity index (χ1n) is 5.80. The number of hydrogen-bond donors (Lipinski definition) is 0. The van der Waals surface area contributed by atoms with Gasteiger partial charge in [0.2, 0.25) is 0 Å². The molecule has 1 aromatic rings. The van der Waals surface area contributed by atoms with Crippen LogP contribution >= 0.6 is 22.9 Å². The van der Waals surface area contributed by atoms with Gasteiger partial charge >= 0.3 is 0 Å². The van der Waals surface area contributed by atoms with Crippen molar-refractivity contribution in [2.24, 2.45) is 0 Å². The zero-order valence-corrected chi connectivity index (χ0v) is 12.2. The van der Waals surface area contributed by atoms with Crippen molar-refractivity contribution in [3.05, 3.63) is 22.5 Å². The fourth-order valence-corrected chi connectivity index (χ4v) is 2.63. The zero-order chi connectivity index (χ0) is 12.4. The number of fused-ring (bicyclic) bond motifs is 1. The number of rotatable bonds is 4. The SMILES string of the molecule is [B]C1=c2oc(C(CC)OCC)cc2=CN(I)C1. The van der Waals surface area contributed by atoms with Gasteiger partial charge in [0.25, 0.3) is 0 Å². The smallest absolute Gasteiger partial charge is 0.134 e. The summed E-state index contributed by atoms with van der Waals surface area (Å²) in [5.74, 6) is 0.866. The first kappa shape index (κ1) is 13.0. The maximum Gasteiger partial charge on any atom is 0.134 e. The molecule has 0 aliphatic carbocycles. The van der Waals surface area contributed by atoms with Crippen molar-refractivity contribution in [2.75, 3.05) is 13.2 Å². The predicted octanol–water partition coefficient (Wildman–Crippen LogP) is 1.45. The molecule has 17 heavy (non-hydrogen) atoms.